The zero-order chi connectivity index (χ0) is 6.91. The van der Waals surface area contributed by atoms with Crippen LogP contribution >= 0.6 is 11.8 Å². The van der Waals surface area contributed by atoms with Crippen LogP contribution in [0.4, 0.5) is 0 Å². The molecule has 1 aliphatic heterocycles. The molecule has 2 N–H and O–H groups in total. The Balaban J connectivity index is 2.42. The lowest BCUT2D eigenvalue weighted by Gasteiger charge is -2.24. The van der Waals surface area contributed by atoms with Crippen molar-refractivity contribution < 1.29 is 5.11 Å². The fourth-order valence-corrected chi connectivity index (χ4v) is 2.05. The molecule has 0 bridgehead atoms. The van der Waals surface area contributed by atoms with Gasteiger partial charge in [0.15, 0.2) is 0 Å². The molecule has 9 heavy (non-hydrogen) atoms. The van der Waals surface area contributed by atoms with Gasteiger partial charge in [-0.15, -0.1) is 11.8 Å². The summed E-state index contributed by atoms with van der Waals surface area (Å²) < 4.78 is 0. The number of rotatable bonds is 1. The summed E-state index contributed by atoms with van der Waals surface area (Å²) in [6, 6.07) is 0.280. The maximum atomic E-state index is 9.44. The Bertz CT molecular complexity index is 93.7. The molecule has 0 aromatic heterocycles. The maximum Gasteiger partial charge on any atom is 0.0752 e. The summed E-state index contributed by atoms with van der Waals surface area (Å²) in [5.74, 6) is 2.01. The first-order chi connectivity index (χ1) is 4.11. The SMILES string of the molecule is CC(C)(O)C1CSCN1. The Morgan fingerprint density at radius 1 is 1.67 bits per heavy atom. The molecule has 1 fully saturated rings. The summed E-state index contributed by atoms with van der Waals surface area (Å²) in [7, 11) is 0. The van der Waals surface area contributed by atoms with Crippen molar-refractivity contribution in [3.63, 3.8) is 0 Å². The third-order valence-corrected chi connectivity index (χ3v) is 2.51. The first-order valence-electron chi connectivity index (χ1n) is 3.14. The van der Waals surface area contributed by atoms with E-state index in [9.17, 15) is 5.11 Å². The van der Waals surface area contributed by atoms with Crippen LogP contribution in [0.1, 0.15) is 13.8 Å². The van der Waals surface area contributed by atoms with Gasteiger partial charge in [0.25, 0.3) is 0 Å². The molecule has 0 aliphatic carbocycles. The van der Waals surface area contributed by atoms with Crippen molar-refractivity contribution in [2.75, 3.05) is 11.6 Å². The molecular weight excluding hydrogens is 134 g/mol. The molecule has 0 spiro atoms. The van der Waals surface area contributed by atoms with Crippen LogP contribution in [0, 0.1) is 0 Å². The quantitative estimate of drug-likeness (QED) is 0.564. The first-order valence-corrected chi connectivity index (χ1v) is 4.29. The van der Waals surface area contributed by atoms with E-state index in [1.807, 2.05) is 25.6 Å². The van der Waals surface area contributed by atoms with Gasteiger partial charge in [-0.25, -0.2) is 0 Å². The predicted octanol–water partition coefficient (Wildman–Crippen LogP) is 0.420. The van der Waals surface area contributed by atoms with Crippen LogP contribution in [0.25, 0.3) is 0 Å². The highest BCUT2D eigenvalue weighted by Gasteiger charge is 2.29. The normalized spacial score (nSPS) is 29.0. The average Bonchev–Trinajstić information content (AvgIpc) is 2.08. The molecule has 0 saturated carbocycles. The van der Waals surface area contributed by atoms with E-state index in [4.69, 9.17) is 0 Å². The van der Waals surface area contributed by atoms with E-state index in [1.54, 1.807) is 0 Å². The van der Waals surface area contributed by atoms with Gasteiger partial charge in [-0.3, -0.25) is 0 Å². The predicted molar refractivity (Wildman–Crippen MR) is 40.5 cm³/mol. The van der Waals surface area contributed by atoms with Crippen LogP contribution in [0.2, 0.25) is 0 Å². The molecule has 3 heteroatoms. The molecule has 1 rings (SSSR count). The van der Waals surface area contributed by atoms with Crippen molar-refractivity contribution >= 4 is 11.8 Å². The van der Waals surface area contributed by atoms with Crippen molar-refractivity contribution in [1.29, 1.82) is 0 Å². The van der Waals surface area contributed by atoms with Crippen LogP contribution < -0.4 is 5.32 Å². The minimum Gasteiger partial charge on any atom is -0.389 e. The summed E-state index contributed by atoms with van der Waals surface area (Å²) in [5, 5.41) is 12.7. The Morgan fingerprint density at radius 3 is 2.56 bits per heavy atom. The van der Waals surface area contributed by atoms with Crippen molar-refractivity contribution in [2.24, 2.45) is 0 Å². The van der Waals surface area contributed by atoms with Gasteiger partial charge in [0.05, 0.1) is 5.60 Å². The Hall–Kier alpha value is 0.270. The standard InChI is InChI=1S/C6H13NOS/c1-6(2,8)5-3-9-4-7-5/h5,7-8H,3-4H2,1-2H3. The molecule has 54 valence electrons. The van der Waals surface area contributed by atoms with E-state index < -0.39 is 5.60 Å². The highest BCUT2D eigenvalue weighted by atomic mass is 32.2. The van der Waals surface area contributed by atoms with Crippen LogP contribution in [0.5, 0.6) is 0 Å². The lowest BCUT2D eigenvalue weighted by molar-refractivity contribution is 0.0505. The van der Waals surface area contributed by atoms with E-state index in [1.165, 1.54) is 0 Å². The summed E-state index contributed by atoms with van der Waals surface area (Å²) >= 11 is 1.84. The van der Waals surface area contributed by atoms with Gasteiger partial charge in [0.2, 0.25) is 0 Å². The zero-order valence-corrected chi connectivity index (χ0v) is 6.66. The minimum absolute atomic E-state index is 0.280. The molecule has 1 unspecified atom stereocenters. The molecular formula is C6H13NOS. The summed E-state index contributed by atoms with van der Waals surface area (Å²) in [6.45, 7) is 3.69. The smallest absolute Gasteiger partial charge is 0.0752 e. The van der Waals surface area contributed by atoms with E-state index >= 15 is 0 Å². The topological polar surface area (TPSA) is 32.3 Å². The van der Waals surface area contributed by atoms with E-state index in [0.717, 1.165) is 11.6 Å². The van der Waals surface area contributed by atoms with Crippen LogP contribution in [-0.2, 0) is 0 Å². The third kappa shape index (κ3) is 1.85. The Labute approximate surface area is 60.0 Å². The van der Waals surface area contributed by atoms with Crippen LogP contribution in [0.3, 0.4) is 0 Å². The summed E-state index contributed by atoms with van der Waals surface area (Å²) in [6.07, 6.45) is 0. The van der Waals surface area contributed by atoms with Crippen molar-refractivity contribution in [3.8, 4) is 0 Å². The lowest BCUT2D eigenvalue weighted by atomic mass is 10.0. The highest BCUT2D eigenvalue weighted by molar-refractivity contribution is 7.99. The summed E-state index contributed by atoms with van der Waals surface area (Å²) in [5.41, 5.74) is -0.552. The fourth-order valence-electron chi connectivity index (χ4n) is 0.849. The van der Waals surface area contributed by atoms with E-state index in [0.29, 0.717) is 0 Å². The number of hydrogen-bond donors (Lipinski definition) is 2. The second-order valence-corrected chi connectivity index (χ2v) is 3.96. The molecule has 1 saturated heterocycles. The number of aliphatic hydroxyl groups is 1. The van der Waals surface area contributed by atoms with Gasteiger partial charge in [0, 0.05) is 17.7 Å². The average molecular weight is 147 g/mol. The minimum atomic E-state index is -0.552. The number of thioether (sulfide) groups is 1. The first kappa shape index (κ1) is 7.38. The van der Waals surface area contributed by atoms with Gasteiger partial charge < -0.3 is 10.4 Å². The summed E-state index contributed by atoms with van der Waals surface area (Å²) in [4.78, 5) is 0. The van der Waals surface area contributed by atoms with Crippen LogP contribution in [-0.4, -0.2) is 28.4 Å². The second-order valence-electron chi connectivity index (χ2n) is 2.93. The Kier molecular flexibility index (Phi) is 2.03. The molecule has 0 amide bonds. The molecule has 1 heterocycles. The van der Waals surface area contributed by atoms with Gasteiger partial charge in [-0.05, 0) is 13.8 Å². The number of nitrogens with one attached hydrogen (secondary N) is 1. The van der Waals surface area contributed by atoms with Crippen LogP contribution in [0.15, 0.2) is 0 Å². The number of hydrogen-bond acceptors (Lipinski definition) is 3. The molecule has 0 aromatic carbocycles. The Morgan fingerprint density at radius 2 is 2.33 bits per heavy atom. The molecule has 0 aromatic rings. The lowest BCUT2D eigenvalue weighted by Crippen LogP contribution is -2.44. The van der Waals surface area contributed by atoms with Crippen molar-refractivity contribution in [1.82, 2.24) is 5.32 Å². The zero-order valence-electron chi connectivity index (χ0n) is 5.85. The largest absolute Gasteiger partial charge is 0.389 e. The molecule has 0 radical (unpaired) electrons. The van der Waals surface area contributed by atoms with Crippen molar-refractivity contribution in [2.45, 2.75) is 25.5 Å². The molecule has 1 atom stereocenters. The van der Waals surface area contributed by atoms with E-state index in [2.05, 4.69) is 5.32 Å². The van der Waals surface area contributed by atoms with E-state index in [-0.39, 0.29) is 6.04 Å². The molecule has 2 nitrogen and oxygen atoms in total. The van der Waals surface area contributed by atoms with Gasteiger partial charge >= 0.3 is 0 Å². The fraction of sp³-hybridized carbons (Fsp3) is 1.00. The van der Waals surface area contributed by atoms with Gasteiger partial charge in [-0.1, -0.05) is 0 Å². The molecule has 1 aliphatic rings. The van der Waals surface area contributed by atoms with Gasteiger partial charge in [-0.2, -0.15) is 0 Å². The highest BCUT2D eigenvalue weighted by Crippen LogP contribution is 2.19. The van der Waals surface area contributed by atoms with Crippen molar-refractivity contribution in [3.05, 3.63) is 0 Å². The monoisotopic (exact) mass is 147 g/mol. The van der Waals surface area contributed by atoms with Gasteiger partial charge in [0.1, 0.15) is 0 Å². The second kappa shape index (κ2) is 2.48. The maximum absolute atomic E-state index is 9.44. The third-order valence-electron chi connectivity index (χ3n) is 1.57.